The third-order valence-corrected chi connectivity index (χ3v) is 6.35. The smallest absolute Gasteiger partial charge is 0.255 e. The molecule has 2 amide bonds. The molecule has 1 saturated heterocycles. The van der Waals surface area contributed by atoms with Crippen LogP contribution in [0.4, 0.5) is 5.13 Å². The van der Waals surface area contributed by atoms with Crippen LogP contribution in [0.2, 0.25) is 0 Å². The van der Waals surface area contributed by atoms with Crippen LogP contribution in [0.15, 0.2) is 42.5 Å². The Hall–Kier alpha value is -2.77. The van der Waals surface area contributed by atoms with Crippen molar-refractivity contribution in [1.29, 1.82) is 0 Å². The predicted molar refractivity (Wildman–Crippen MR) is 119 cm³/mol. The minimum absolute atomic E-state index is 0.0407. The zero-order valence-corrected chi connectivity index (χ0v) is 18.0. The summed E-state index contributed by atoms with van der Waals surface area (Å²) >= 11 is 1.44. The Labute approximate surface area is 179 Å². The molecular weight excluding hydrogens is 398 g/mol. The van der Waals surface area contributed by atoms with Gasteiger partial charge in [-0.2, -0.15) is 0 Å². The van der Waals surface area contributed by atoms with Crippen LogP contribution in [0.5, 0.6) is 0 Å². The summed E-state index contributed by atoms with van der Waals surface area (Å²) < 4.78 is 5.74. The number of nitrogens with one attached hydrogen (secondary N) is 1. The van der Waals surface area contributed by atoms with E-state index in [2.05, 4.69) is 10.3 Å². The number of hydrogen-bond acceptors (Lipinski definition) is 5. The largest absolute Gasteiger partial charge is 0.376 e. The van der Waals surface area contributed by atoms with E-state index in [9.17, 15) is 9.59 Å². The molecule has 0 unspecified atom stereocenters. The SMILES string of the molecule is Cc1nc(NC(=O)CN(C[C@H]2CCCO2)C(=O)c2cccc3ccccc23)sc1C. The predicted octanol–water partition coefficient (Wildman–Crippen LogP) is 4.17. The summed E-state index contributed by atoms with van der Waals surface area (Å²) in [4.78, 5) is 33.2. The fourth-order valence-electron chi connectivity index (χ4n) is 3.69. The molecule has 0 aliphatic carbocycles. The number of hydrogen-bond donors (Lipinski definition) is 1. The average molecular weight is 424 g/mol. The molecule has 0 radical (unpaired) electrons. The van der Waals surface area contributed by atoms with Crippen molar-refractivity contribution in [2.75, 3.05) is 25.0 Å². The summed E-state index contributed by atoms with van der Waals surface area (Å²) in [6.45, 7) is 4.93. The lowest BCUT2D eigenvalue weighted by Crippen LogP contribution is -2.42. The van der Waals surface area contributed by atoms with Gasteiger partial charge in [0.2, 0.25) is 5.91 Å². The van der Waals surface area contributed by atoms with Crippen molar-refractivity contribution in [2.45, 2.75) is 32.8 Å². The van der Waals surface area contributed by atoms with Crippen LogP contribution in [0, 0.1) is 13.8 Å². The van der Waals surface area contributed by atoms with E-state index in [1.54, 1.807) is 4.90 Å². The molecule has 0 spiro atoms. The number of anilines is 1. The first-order valence-corrected chi connectivity index (χ1v) is 11.0. The van der Waals surface area contributed by atoms with Crippen LogP contribution in [-0.2, 0) is 9.53 Å². The van der Waals surface area contributed by atoms with Gasteiger partial charge in [-0.25, -0.2) is 4.98 Å². The molecule has 7 heteroatoms. The standard InChI is InChI=1S/C23H25N3O3S/c1-15-16(2)30-23(24-15)25-21(27)14-26(13-18-9-6-12-29-18)22(28)20-11-5-8-17-7-3-4-10-19(17)20/h3-5,7-8,10-11,18H,6,9,12-14H2,1-2H3,(H,24,25,27)/t18-/m1/s1. The van der Waals surface area contributed by atoms with Gasteiger partial charge in [-0.15, -0.1) is 11.3 Å². The zero-order valence-electron chi connectivity index (χ0n) is 17.2. The Kier molecular flexibility index (Phi) is 6.11. The normalized spacial score (nSPS) is 16.0. The third kappa shape index (κ3) is 4.52. The highest BCUT2D eigenvalue weighted by molar-refractivity contribution is 7.15. The highest BCUT2D eigenvalue weighted by Gasteiger charge is 2.26. The van der Waals surface area contributed by atoms with E-state index in [0.29, 0.717) is 23.8 Å². The molecule has 1 fully saturated rings. The summed E-state index contributed by atoms with van der Waals surface area (Å²) in [5.74, 6) is -0.417. The van der Waals surface area contributed by atoms with E-state index in [1.807, 2.05) is 56.3 Å². The molecule has 1 aromatic heterocycles. The van der Waals surface area contributed by atoms with E-state index < -0.39 is 0 Å². The first-order chi connectivity index (χ1) is 14.5. The first-order valence-electron chi connectivity index (χ1n) is 10.1. The Bertz CT molecular complexity index is 1050. The summed E-state index contributed by atoms with van der Waals surface area (Å²) in [5.41, 5.74) is 1.50. The number of rotatable bonds is 6. The Balaban J connectivity index is 1.56. The van der Waals surface area contributed by atoms with E-state index in [0.717, 1.165) is 34.2 Å². The number of carbonyl (C=O) groups is 2. The average Bonchev–Trinajstić information content (AvgIpc) is 3.36. The Morgan fingerprint density at radius 1 is 1.20 bits per heavy atom. The molecule has 0 bridgehead atoms. The maximum Gasteiger partial charge on any atom is 0.255 e. The van der Waals surface area contributed by atoms with Crippen LogP contribution >= 0.6 is 11.3 Å². The minimum Gasteiger partial charge on any atom is -0.376 e. The van der Waals surface area contributed by atoms with Gasteiger partial charge in [0.05, 0.1) is 11.8 Å². The molecule has 4 rings (SSSR count). The second kappa shape index (κ2) is 8.93. The molecule has 1 aliphatic heterocycles. The van der Waals surface area contributed by atoms with Gasteiger partial charge >= 0.3 is 0 Å². The number of carbonyl (C=O) groups excluding carboxylic acids is 2. The van der Waals surface area contributed by atoms with Gasteiger partial charge in [-0.3, -0.25) is 9.59 Å². The second-order valence-electron chi connectivity index (χ2n) is 7.56. The van der Waals surface area contributed by atoms with Crippen molar-refractivity contribution in [1.82, 2.24) is 9.88 Å². The van der Waals surface area contributed by atoms with Gasteiger partial charge in [-0.05, 0) is 43.5 Å². The lowest BCUT2D eigenvalue weighted by Gasteiger charge is -2.25. The summed E-state index contributed by atoms with van der Waals surface area (Å²) in [5, 5.41) is 5.28. The molecule has 156 valence electrons. The highest BCUT2D eigenvalue weighted by Crippen LogP contribution is 2.23. The lowest BCUT2D eigenvalue weighted by atomic mass is 10.0. The number of benzene rings is 2. The number of aromatic nitrogens is 1. The zero-order chi connectivity index (χ0) is 21.1. The monoisotopic (exact) mass is 423 g/mol. The summed E-state index contributed by atoms with van der Waals surface area (Å²) in [6.07, 6.45) is 1.83. The van der Waals surface area contributed by atoms with Crippen LogP contribution < -0.4 is 5.32 Å². The van der Waals surface area contributed by atoms with Gasteiger partial charge in [-0.1, -0.05) is 36.4 Å². The van der Waals surface area contributed by atoms with E-state index >= 15 is 0 Å². The molecule has 0 saturated carbocycles. The van der Waals surface area contributed by atoms with Crippen molar-refractivity contribution in [3.05, 3.63) is 58.6 Å². The number of nitrogens with zero attached hydrogens (tertiary/aromatic N) is 2. The van der Waals surface area contributed by atoms with Crippen molar-refractivity contribution in [2.24, 2.45) is 0 Å². The molecule has 6 nitrogen and oxygen atoms in total. The molecule has 2 heterocycles. The quantitative estimate of drug-likeness (QED) is 0.646. The Morgan fingerprint density at radius 3 is 2.73 bits per heavy atom. The Morgan fingerprint density at radius 2 is 2.00 bits per heavy atom. The minimum atomic E-state index is -0.254. The van der Waals surface area contributed by atoms with Crippen LogP contribution in [-0.4, -0.2) is 47.5 Å². The molecule has 1 N–H and O–H groups in total. The van der Waals surface area contributed by atoms with Crippen molar-refractivity contribution < 1.29 is 14.3 Å². The molecule has 1 atom stereocenters. The second-order valence-corrected chi connectivity index (χ2v) is 8.76. The van der Waals surface area contributed by atoms with E-state index in [1.165, 1.54) is 11.3 Å². The van der Waals surface area contributed by atoms with Crippen LogP contribution in [0.25, 0.3) is 10.8 Å². The topological polar surface area (TPSA) is 71.5 Å². The summed E-state index contributed by atoms with van der Waals surface area (Å²) in [7, 11) is 0. The molecule has 30 heavy (non-hydrogen) atoms. The van der Waals surface area contributed by atoms with Gasteiger partial charge < -0.3 is 15.0 Å². The van der Waals surface area contributed by atoms with Crippen molar-refractivity contribution >= 4 is 39.1 Å². The lowest BCUT2D eigenvalue weighted by molar-refractivity contribution is -0.117. The van der Waals surface area contributed by atoms with Crippen molar-refractivity contribution in [3.8, 4) is 0 Å². The first kappa shape index (κ1) is 20.5. The fourth-order valence-corrected chi connectivity index (χ4v) is 4.52. The van der Waals surface area contributed by atoms with Crippen molar-refractivity contribution in [3.63, 3.8) is 0 Å². The third-order valence-electron chi connectivity index (χ3n) is 5.36. The number of aryl methyl sites for hydroxylation is 2. The maximum absolute atomic E-state index is 13.5. The van der Waals surface area contributed by atoms with E-state index in [4.69, 9.17) is 4.74 Å². The van der Waals surface area contributed by atoms with Gasteiger partial charge in [0.25, 0.3) is 5.91 Å². The van der Waals surface area contributed by atoms with Crippen LogP contribution in [0.1, 0.15) is 33.8 Å². The number of thiazole rings is 1. The number of ether oxygens (including phenoxy) is 1. The van der Waals surface area contributed by atoms with E-state index in [-0.39, 0.29) is 24.5 Å². The van der Waals surface area contributed by atoms with Gasteiger partial charge in [0.15, 0.2) is 5.13 Å². The highest BCUT2D eigenvalue weighted by atomic mass is 32.1. The summed E-state index contributed by atoms with van der Waals surface area (Å²) in [6, 6.07) is 13.5. The number of fused-ring (bicyclic) bond motifs is 1. The van der Waals surface area contributed by atoms with Gasteiger partial charge in [0, 0.05) is 23.6 Å². The molecule has 1 aliphatic rings. The fraction of sp³-hybridized carbons (Fsp3) is 0.348. The molecule has 3 aromatic rings. The number of amides is 2. The van der Waals surface area contributed by atoms with Crippen LogP contribution in [0.3, 0.4) is 0 Å². The maximum atomic E-state index is 13.5. The molecule has 2 aromatic carbocycles. The molecular formula is C23H25N3O3S. The van der Waals surface area contributed by atoms with Gasteiger partial charge in [0.1, 0.15) is 6.54 Å².